The Labute approximate surface area is 82.5 Å². The Balaban J connectivity index is 0.000000845. The van der Waals surface area contributed by atoms with Crippen molar-refractivity contribution in [3.63, 3.8) is 0 Å². The van der Waals surface area contributed by atoms with Gasteiger partial charge in [0.1, 0.15) is 0 Å². The second-order valence-corrected chi connectivity index (χ2v) is 2.75. The van der Waals surface area contributed by atoms with Crippen molar-refractivity contribution < 1.29 is 9.13 Å². The zero-order valence-corrected chi connectivity index (χ0v) is 8.08. The molecule has 2 nitrogen and oxygen atoms in total. The maximum atomic E-state index is 13.1. The summed E-state index contributed by atoms with van der Waals surface area (Å²) in [5, 5.41) is 3.01. The molecular weight excluding hydrogens is 193 g/mol. The van der Waals surface area contributed by atoms with Crippen molar-refractivity contribution in [2.24, 2.45) is 0 Å². The van der Waals surface area contributed by atoms with E-state index in [2.05, 4.69) is 5.32 Å². The lowest BCUT2D eigenvalue weighted by Gasteiger charge is -2.06. The van der Waals surface area contributed by atoms with Crippen LogP contribution in [0.1, 0.15) is 5.56 Å². The van der Waals surface area contributed by atoms with Gasteiger partial charge in [-0.05, 0) is 12.1 Å². The highest BCUT2D eigenvalue weighted by Crippen LogP contribution is 2.33. The molecule has 0 aliphatic carbocycles. The van der Waals surface area contributed by atoms with E-state index in [-0.39, 0.29) is 18.2 Å². The Morgan fingerprint density at radius 1 is 1.46 bits per heavy atom. The maximum Gasteiger partial charge on any atom is 0.165 e. The summed E-state index contributed by atoms with van der Waals surface area (Å²) in [5.74, 6) is 0.156. The standard InChI is InChI=1S/C9H10FNO.ClH/c1-11-8-3-2-7(10)9-6(8)4-5-12-9;/h2-3,11H,4-5H2,1H3;1H. The van der Waals surface area contributed by atoms with E-state index >= 15 is 0 Å². The van der Waals surface area contributed by atoms with Crippen molar-refractivity contribution in [3.05, 3.63) is 23.5 Å². The van der Waals surface area contributed by atoms with Gasteiger partial charge in [0.15, 0.2) is 11.6 Å². The van der Waals surface area contributed by atoms with Crippen LogP contribution in [0.2, 0.25) is 0 Å². The topological polar surface area (TPSA) is 21.3 Å². The van der Waals surface area contributed by atoms with E-state index in [0.29, 0.717) is 12.4 Å². The molecule has 1 aliphatic rings. The minimum atomic E-state index is -0.262. The minimum Gasteiger partial charge on any atom is -0.490 e. The number of halogens is 2. The summed E-state index contributed by atoms with van der Waals surface area (Å²) < 4.78 is 18.2. The zero-order valence-electron chi connectivity index (χ0n) is 7.26. The van der Waals surface area contributed by atoms with Crippen LogP contribution >= 0.6 is 12.4 Å². The third-order valence-electron chi connectivity index (χ3n) is 2.08. The average Bonchev–Trinajstić information content (AvgIpc) is 2.54. The Kier molecular flexibility index (Phi) is 2.98. The van der Waals surface area contributed by atoms with Gasteiger partial charge >= 0.3 is 0 Å². The number of anilines is 1. The van der Waals surface area contributed by atoms with E-state index < -0.39 is 0 Å². The molecule has 1 aromatic carbocycles. The fourth-order valence-corrected chi connectivity index (χ4v) is 1.49. The van der Waals surface area contributed by atoms with Crippen LogP contribution in [0, 0.1) is 5.82 Å². The zero-order chi connectivity index (χ0) is 8.55. The molecule has 0 atom stereocenters. The van der Waals surface area contributed by atoms with Gasteiger partial charge in [-0.15, -0.1) is 12.4 Å². The summed E-state index contributed by atoms with van der Waals surface area (Å²) in [6.07, 6.45) is 0.795. The van der Waals surface area contributed by atoms with Crippen LogP contribution in [-0.2, 0) is 6.42 Å². The smallest absolute Gasteiger partial charge is 0.165 e. The predicted octanol–water partition coefficient (Wildman–Crippen LogP) is 2.22. The van der Waals surface area contributed by atoms with Crippen LogP contribution in [0.5, 0.6) is 5.75 Å². The summed E-state index contributed by atoms with van der Waals surface area (Å²) in [7, 11) is 1.83. The van der Waals surface area contributed by atoms with Gasteiger partial charge in [0, 0.05) is 24.7 Å². The molecule has 0 amide bonds. The molecule has 0 saturated heterocycles. The quantitative estimate of drug-likeness (QED) is 0.756. The largest absolute Gasteiger partial charge is 0.490 e. The van der Waals surface area contributed by atoms with Crippen LogP contribution in [0.3, 0.4) is 0 Å². The number of hydrogen-bond donors (Lipinski definition) is 1. The maximum absolute atomic E-state index is 13.1. The van der Waals surface area contributed by atoms with Crippen molar-refractivity contribution >= 4 is 18.1 Å². The van der Waals surface area contributed by atoms with Crippen LogP contribution in [0.25, 0.3) is 0 Å². The minimum absolute atomic E-state index is 0. The van der Waals surface area contributed by atoms with Crippen LogP contribution < -0.4 is 10.1 Å². The van der Waals surface area contributed by atoms with Gasteiger partial charge in [0.25, 0.3) is 0 Å². The predicted molar refractivity (Wildman–Crippen MR) is 52.4 cm³/mol. The molecular formula is C9H11ClFNO. The molecule has 1 aromatic rings. The molecule has 1 N–H and O–H groups in total. The average molecular weight is 204 g/mol. The first-order chi connectivity index (χ1) is 5.83. The van der Waals surface area contributed by atoms with Crippen LogP contribution in [0.15, 0.2) is 12.1 Å². The number of benzene rings is 1. The number of hydrogen-bond acceptors (Lipinski definition) is 2. The van der Waals surface area contributed by atoms with E-state index in [9.17, 15) is 4.39 Å². The summed E-state index contributed by atoms with van der Waals surface area (Å²) in [6.45, 7) is 0.588. The van der Waals surface area contributed by atoms with Gasteiger partial charge in [-0.3, -0.25) is 0 Å². The van der Waals surface area contributed by atoms with E-state index in [1.54, 1.807) is 6.07 Å². The van der Waals surface area contributed by atoms with E-state index in [0.717, 1.165) is 17.7 Å². The van der Waals surface area contributed by atoms with Crippen molar-refractivity contribution in [3.8, 4) is 5.75 Å². The van der Waals surface area contributed by atoms with Crippen molar-refractivity contribution in [2.45, 2.75) is 6.42 Å². The lowest BCUT2D eigenvalue weighted by Crippen LogP contribution is -1.93. The lowest BCUT2D eigenvalue weighted by atomic mass is 10.1. The molecule has 72 valence electrons. The normalized spacial score (nSPS) is 12.8. The molecule has 0 saturated carbocycles. The molecule has 2 rings (SSSR count). The molecule has 0 radical (unpaired) electrons. The molecule has 13 heavy (non-hydrogen) atoms. The highest BCUT2D eigenvalue weighted by Gasteiger charge is 2.19. The number of fused-ring (bicyclic) bond motifs is 1. The second-order valence-electron chi connectivity index (χ2n) is 2.75. The van der Waals surface area contributed by atoms with Gasteiger partial charge in [-0.1, -0.05) is 0 Å². The Hall–Kier alpha value is -0.960. The Bertz CT molecular complexity index is 317. The summed E-state index contributed by atoms with van der Waals surface area (Å²) in [5.41, 5.74) is 1.92. The van der Waals surface area contributed by atoms with Crippen molar-refractivity contribution in [2.75, 3.05) is 19.0 Å². The first-order valence-corrected chi connectivity index (χ1v) is 3.95. The molecule has 0 fully saturated rings. The molecule has 0 unspecified atom stereocenters. The van der Waals surface area contributed by atoms with Crippen LogP contribution in [-0.4, -0.2) is 13.7 Å². The first-order valence-electron chi connectivity index (χ1n) is 3.95. The third kappa shape index (κ3) is 1.56. The molecule has 0 spiro atoms. The fraction of sp³-hybridized carbons (Fsp3) is 0.333. The van der Waals surface area contributed by atoms with Crippen molar-refractivity contribution in [1.82, 2.24) is 0 Å². The molecule has 1 heterocycles. The fourth-order valence-electron chi connectivity index (χ4n) is 1.49. The molecule has 1 aliphatic heterocycles. The number of rotatable bonds is 1. The summed E-state index contributed by atoms with van der Waals surface area (Å²) >= 11 is 0. The van der Waals surface area contributed by atoms with E-state index in [1.807, 2.05) is 7.05 Å². The molecule has 4 heteroatoms. The van der Waals surface area contributed by atoms with Crippen LogP contribution in [0.4, 0.5) is 10.1 Å². The monoisotopic (exact) mass is 203 g/mol. The van der Waals surface area contributed by atoms with Gasteiger partial charge in [0.05, 0.1) is 6.61 Å². The lowest BCUT2D eigenvalue weighted by molar-refractivity contribution is 0.339. The summed E-state index contributed by atoms with van der Waals surface area (Å²) in [4.78, 5) is 0. The highest BCUT2D eigenvalue weighted by atomic mass is 35.5. The third-order valence-corrected chi connectivity index (χ3v) is 2.08. The van der Waals surface area contributed by atoms with Gasteiger partial charge < -0.3 is 10.1 Å². The number of ether oxygens (including phenoxy) is 1. The SMILES string of the molecule is CNc1ccc(F)c2c1CCO2.Cl. The van der Waals surface area contributed by atoms with Gasteiger partial charge in [-0.25, -0.2) is 4.39 Å². The van der Waals surface area contributed by atoms with E-state index in [1.165, 1.54) is 6.07 Å². The van der Waals surface area contributed by atoms with Gasteiger partial charge in [0.2, 0.25) is 0 Å². The molecule has 0 bridgehead atoms. The molecule has 0 aromatic heterocycles. The van der Waals surface area contributed by atoms with E-state index in [4.69, 9.17) is 4.74 Å². The Morgan fingerprint density at radius 3 is 2.92 bits per heavy atom. The first kappa shape index (κ1) is 10.1. The highest BCUT2D eigenvalue weighted by molar-refractivity contribution is 5.85. The number of nitrogens with one attached hydrogen (secondary N) is 1. The van der Waals surface area contributed by atoms with Gasteiger partial charge in [-0.2, -0.15) is 0 Å². The second kappa shape index (κ2) is 3.83. The van der Waals surface area contributed by atoms with Crippen molar-refractivity contribution in [1.29, 1.82) is 0 Å². The summed E-state index contributed by atoms with van der Waals surface area (Å²) in [6, 6.07) is 3.17. The Morgan fingerprint density at radius 2 is 2.23 bits per heavy atom.